The Bertz CT molecular complexity index is 813. The Morgan fingerprint density at radius 2 is 2.08 bits per heavy atom. The number of rotatable bonds is 6. The van der Waals surface area contributed by atoms with Gasteiger partial charge in [-0.25, -0.2) is 4.68 Å². The number of hydrogen-bond donors (Lipinski definition) is 0. The van der Waals surface area contributed by atoms with Gasteiger partial charge in [-0.3, -0.25) is 4.90 Å². The molecule has 1 aliphatic heterocycles. The molecule has 0 unspecified atom stereocenters. The van der Waals surface area contributed by atoms with Crippen molar-refractivity contribution in [2.75, 3.05) is 13.1 Å². The highest BCUT2D eigenvalue weighted by atomic mass is 16.5. The summed E-state index contributed by atoms with van der Waals surface area (Å²) in [6.07, 6.45) is 3.19. The van der Waals surface area contributed by atoms with Gasteiger partial charge >= 0.3 is 0 Å². The van der Waals surface area contributed by atoms with Crippen LogP contribution in [0.3, 0.4) is 0 Å². The second-order valence-electron chi connectivity index (χ2n) is 6.32. The summed E-state index contributed by atoms with van der Waals surface area (Å²) in [6, 6.07) is 10.1. The van der Waals surface area contributed by atoms with Gasteiger partial charge < -0.3 is 4.52 Å². The first-order valence-corrected chi connectivity index (χ1v) is 8.67. The molecule has 0 spiro atoms. The van der Waals surface area contributed by atoms with Crippen molar-refractivity contribution in [2.24, 2.45) is 0 Å². The third kappa shape index (κ3) is 3.43. The van der Waals surface area contributed by atoms with Crippen LogP contribution >= 0.6 is 0 Å². The predicted octanol–water partition coefficient (Wildman–Crippen LogP) is 2.26. The van der Waals surface area contributed by atoms with Crippen LogP contribution in [0.1, 0.15) is 37.0 Å². The number of tetrazole rings is 1. The highest BCUT2D eigenvalue weighted by Crippen LogP contribution is 2.32. The number of benzene rings is 1. The van der Waals surface area contributed by atoms with E-state index in [-0.39, 0.29) is 6.04 Å². The molecule has 3 aromatic rings. The third-order valence-corrected chi connectivity index (χ3v) is 4.65. The highest BCUT2D eigenvalue weighted by molar-refractivity contribution is 5.53. The predicted molar refractivity (Wildman–Crippen MR) is 90.5 cm³/mol. The molecule has 1 fully saturated rings. The van der Waals surface area contributed by atoms with Crippen molar-refractivity contribution in [1.82, 2.24) is 35.2 Å². The number of aromatic nitrogens is 6. The van der Waals surface area contributed by atoms with E-state index in [1.807, 2.05) is 41.9 Å². The van der Waals surface area contributed by atoms with Gasteiger partial charge in [-0.1, -0.05) is 35.5 Å². The van der Waals surface area contributed by atoms with E-state index >= 15 is 0 Å². The molecule has 25 heavy (non-hydrogen) atoms. The van der Waals surface area contributed by atoms with Gasteiger partial charge in [0.15, 0.2) is 0 Å². The molecule has 0 N–H and O–H groups in total. The minimum atomic E-state index is 0.208. The van der Waals surface area contributed by atoms with E-state index in [1.165, 1.54) is 0 Å². The van der Waals surface area contributed by atoms with Gasteiger partial charge in [0.05, 0.1) is 6.04 Å². The van der Waals surface area contributed by atoms with E-state index < -0.39 is 0 Å². The fraction of sp³-hybridized carbons (Fsp3) is 0.471. The lowest BCUT2D eigenvalue weighted by Crippen LogP contribution is -2.25. The number of nitrogens with zero attached hydrogens (tertiary/aromatic N) is 7. The molecule has 4 rings (SSSR count). The topological polar surface area (TPSA) is 85.8 Å². The van der Waals surface area contributed by atoms with Gasteiger partial charge in [0.2, 0.25) is 11.7 Å². The molecule has 0 aliphatic carbocycles. The summed E-state index contributed by atoms with van der Waals surface area (Å²) >= 11 is 0. The van der Waals surface area contributed by atoms with Crippen LogP contribution in [0.25, 0.3) is 11.4 Å². The first-order chi connectivity index (χ1) is 12.3. The summed E-state index contributed by atoms with van der Waals surface area (Å²) < 4.78 is 7.40. The maximum atomic E-state index is 5.56. The maximum Gasteiger partial charge on any atom is 0.244 e. The quantitative estimate of drug-likeness (QED) is 0.681. The zero-order valence-corrected chi connectivity index (χ0v) is 14.2. The van der Waals surface area contributed by atoms with Crippen LogP contribution in [0, 0.1) is 6.92 Å². The minimum absolute atomic E-state index is 0.208. The van der Waals surface area contributed by atoms with Gasteiger partial charge in [-0.15, -0.1) is 5.10 Å². The number of likely N-dealkylation sites (tertiary alicyclic amines) is 1. The van der Waals surface area contributed by atoms with Crippen LogP contribution in [0.2, 0.25) is 0 Å². The lowest BCUT2D eigenvalue weighted by molar-refractivity contribution is 0.202. The highest BCUT2D eigenvalue weighted by Gasteiger charge is 2.30. The molecule has 8 nitrogen and oxygen atoms in total. The SMILES string of the molecule is Cc1nnnn1CCCN1CCC[C@@H]1c1nc(-c2ccccc2)no1. The average Bonchev–Trinajstić information content (AvgIpc) is 3.37. The van der Waals surface area contributed by atoms with Crippen molar-refractivity contribution in [3.05, 3.63) is 42.0 Å². The molecule has 0 radical (unpaired) electrons. The Morgan fingerprint density at radius 1 is 1.20 bits per heavy atom. The van der Waals surface area contributed by atoms with E-state index in [0.717, 1.165) is 56.2 Å². The van der Waals surface area contributed by atoms with E-state index in [4.69, 9.17) is 4.52 Å². The van der Waals surface area contributed by atoms with Gasteiger partial charge in [-0.05, 0) is 43.2 Å². The summed E-state index contributed by atoms with van der Waals surface area (Å²) in [7, 11) is 0. The molecular weight excluding hydrogens is 318 g/mol. The lowest BCUT2D eigenvalue weighted by Gasteiger charge is -2.21. The molecule has 1 saturated heterocycles. The lowest BCUT2D eigenvalue weighted by atomic mass is 10.2. The van der Waals surface area contributed by atoms with Crippen molar-refractivity contribution in [1.29, 1.82) is 0 Å². The van der Waals surface area contributed by atoms with Gasteiger partial charge in [0.25, 0.3) is 0 Å². The molecule has 2 aromatic heterocycles. The standard InChI is InChI=1S/C17H21N7O/c1-13-19-21-22-24(13)12-6-11-23-10-5-9-15(23)17-18-16(20-25-17)14-7-3-2-4-8-14/h2-4,7-8,15H,5-6,9-12H2,1H3/t15-/m1/s1. The number of aryl methyl sites for hydroxylation is 2. The largest absolute Gasteiger partial charge is 0.337 e. The Morgan fingerprint density at radius 3 is 2.88 bits per heavy atom. The van der Waals surface area contributed by atoms with Crippen molar-refractivity contribution in [2.45, 2.75) is 38.8 Å². The molecule has 1 atom stereocenters. The summed E-state index contributed by atoms with van der Waals surface area (Å²) in [5.74, 6) is 2.23. The summed E-state index contributed by atoms with van der Waals surface area (Å²) in [5.41, 5.74) is 0.983. The van der Waals surface area contributed by atoms with Crippen LogP contribution in [-0.2, 0) is 6.54 Å². The second kappa shape index (κ2) is 7.10. The molecule has 8 heteroatoms. The van der Waals surface area contributed by atoms with Crippen molar-refractivity contribution < 1.29 is 4.52 Å². The maximum absolute atomic E-state index is 5.56. The minimum Gasteiger partial charge on any atom is -0.337 e. The fourth-order valence-electron chi connectivity index (χ4n) is 3.33. The molecule has 0 amide bonds. The van der Waals surface area contributed by atoms with E-state index in [0.29, 0.717) is 5.82 Å². The molecule has 1 aromatic carbocycles. The Kier molecular flexibility index (Phi) is 4.51. The van der Waals surface area contributed by atoms with Crippen molar-refractivity contribution in [3.63, 3.8) is 0 Å². The normalized spacial score (nSPS) is 18.0. The van der Waals surface area contributed by atoms with Crippen LogP contribution in [0.15, 0.2) is 34.9 Å². The Balaban J connectivity index is 1.40. The van der Waals surface area contributed by atoms with Crippen LogP contribution in [0.5, 0.6) is 0 Å². The first kappa shape index (κ1) is 15.9. The summed E-state index contributed by atoms with van der Waals surface area (Å²) in [4.78, 5) is 7.05. The molecule has 130 valence electrons. The molecule has 3 heterocycles. The van der Waals surface area contributed by atoms with Gasteiger partial charge in [0.1, 0.15) is 5.82 Å². The van der Waals surface area contributed by atoms with Crippen LogP contribution in [-0.4, -0.2) is 48.3 Å². The smallest absolute Gasteiger partial charge is 0.244 e. The van der Waals surface area contributed by atoms with E-state index in [1.54, 1.807) is 0 Å². The Hall–Kier alpha value is -2.61. The average molecular weight is 339 g/mol. The van der Waals surface area contributed by atoms with Crippen LogP contribution < -0.4 is 0 Å². The van der Waals surface area contributed by atoms with Gasteiger partial charge in [0, 0.05) is 18.7 Å². The monoisotopic (exact) mass is 339 g/mol. The van der Waals surface area contributed by atoms with Crippen LogP contribution in [0.4, 0.5) is 0 Å². The number of hydrogen-bond acceptors (Lipinski definition) is 7. The molecule has 0 saturated carbocycles. The van der Waals surface area contributed by atoms with Gasteiger partial charge in [-0.2, -0.15) is 4.98 Å². The zero-order chi connectivity index (χ0) is 17.1. The van der Waals surface area contributed by atoms with Crippen molar-refractivity contribution in [3.8, 4) is 11.4 Å². The molecular formula is C17H21N7O. The summed E-state index contributed by atoms with van der Waals surface area (Å²) in [6.45, 7) is 4.76. The third-order valence-electron chi connectivity index (χ3n) is 4.65. The first-order valence-electron chi connectivity index (χ1n) is 8.67. The zero-order valence-electron chi connectivity index (χ0n) is 14.2. The Labute approximate surface area is 145 Å². The fourth-order valence-corrected chi connectivity index (χ4v) is 3.33. The van der Waals surface area contributed by atoms with E-state index in [2.05, 4.69) is 30.6 Å². The van der Waals surface area contributed by atoms with Crippen molar-refractivity contribution >= 4 is 0 Å². The summed E-state index contributed by atoms with van der Waals surface area (Å²) in [5, 5.41) is 15.7. The molecule has 1 aliphatic rings. The molecule has 0 bridgehead atoms. The second-order valence-corrected chi connectivity index (χ2v) is 6.32. The van der Waals surface area contributed by atoms with E-state index in [9.17, 15) is 0 Å².